The molecule has 2 aromatic rings. The van der Waals surface area contributed by atoms with Crippen LogP contribution in [0, 0.1) is 6.92 Å². The van der Waals surface area contributed by atoms with E-state index in [1.165, 1.54) is 17.5 Å². The van der Waals surface area contributed by atoms with Crippen LogP contribution < -0.4 is 16.6 Å². The molecule has 0 radical (unpaired) electrons. The van der Waals surface area contributed by atoms with E-state index in [1.54, 1.807) is 6.07 Å². The fourth-order valence-corrected chi connectivity index (χ4v) is 1.74. The molecule has 0 aliphatic carbocycles. The van der Waals surface area contributed by atoms with Crippen LogP contribution >= 0.6 is 0 Å². The third kappa shape index (κ3) is 3.43. The van der Waals surface area contributed by atoms with Gasteiger partial charge in [-0.3, -0.25) is 0 Å². The Kier molecular flexibility index (Phi) is 4.09. The van der Waals surface area contributed by atoms with Gasteiger partial charge in [-0.2, -0.15) is 0 Å². The van der Waals surface area contributed by atoms with Crippen LogP contribution in [-0.2, 0) is 6.42 Å². The van der Waals surface area contributed by atoms with Crippen molar-refractivity contribution < 1.29 is 0 Å². The summed E-state index contributed by atoms with van der Waals surface area (Å²) in [6, 6.07) is 10.3. The monoisotopic (exact) mass is 243 g/mol. The van der Waals surface area contributed by atoms with Crippen molar-refractivity contribution in [1.29, 1.82) is 0 Å². The van der Waals surface area contributed by atoms with E-state index in [2.05, 4.69) is 51.9 Å². The van der Waals surface area contributed by atoms with Gasteiger partial charge in [0.05, 0.1) is 0 Å². The van der Waals surface area contributed by atoms with E-state index in [4.69, 9.17) is 5.84 Å². The highest BCUT2D eigenvalue weighted by molar-refractivity contribution is 5.45. The summed E-state index contributed by atoms with van der Waals surface area (Å²) in [5, 5.41) is 3.24. The van der Waals surface area contributed by atoms with Gasteiger partial charge >= 0.3 is 0 Å². The van der Waals surface area contributed by atoms with Crippen LogP contribution in [0.25, 0.3) is 0 Å². The Bertz CT molecular complexity index is 512. The van der Waals surface area contributed by atoms with E-state index in [0.717, 1.165) is 18.8 Å². The lowest BCUT2D eigenvalue weighted by Crippen LogP contribution is -2.11. The van der Waals surface area contributed by atoms with Crippen molar-refractivity contribution in [2.75, 3.05) is 17.3 Å². The van der Waals surface area contributed by atoms with E-state index in [1.807, 2.05) is 0 Å². The Hall–Kier alpha value is -2.14. The highest BCUT2D eigenvalue weighted by Gasteiger charge is 1.97. The Morgan fingerprint density at radius 1 is 1.17 bits per heavy atom. The van der Waals surface area contributed by atoms with Crippen molar-refractivity contribution in [1.82, 2.24) is 9.97 Å². The molecule has 5 heteroatoms. The summed E-state index contributed by atoms with van der Waals surface area (Å²) in [5.74, 6) is 6.66. The fourth-order valence-electron chi connectivity index (χ4n) is 1.74. The van der Waals surface area contributed by atoms with Gasteiger partial charge in [0.1, 0.15) is 18.0 Å². The molecule has 5 nitrogen and oxygen atoms in total. The number of hydrogen-bond donors (Lipinski definition) is 3. The Morgan fingerprint density at radius 3 is 2.78 bits per heavy atom. The molecule has 4 N–H and O–H groups in total. The summed E-state index contributed by atoms with van der Waals surface area (Å²) in [4.78, 5) is 8.07. The molecular weight excluding hydrogens is 226 g/mol. The largest absolute Gasteiger partial charge is 0.370 e. The maximum absolute atomic E-state index is 5.29. The van der Waals surface area contributed by atoms with Crippen molar-refractivity contribution in [3.63, 3.8) is 0 Å². The number of benzene rings is 1. The normalized spacial score (nSPS) is 10.1. The predicted molar refractivity (Wildman–Crippen MR) is 73.2 cm³/mol. The Morgan fingerprint density at radius 2 is 2.00 bits per heavy atom. The summed E-state index contributed by atoms with van der Waals surface area (Å²) in [5.41, 5.74) is 5.09. The molecule has 2 rings (SSSR count). The lowest BCUT2D eigenvalue weighted by Gasteiger charge is -2.07. The molecule has 0 aliphatic rings. The molecular formula is C13H17N5. The van der Waals surface area contributed by atoms with Crippen LogP contribution in [0.4, 0.5) is 11.6 Å². The average molecular weight is 243 g/mol. The lowest BCUT2D eigenvalue weighted by molar-refractivity contribution is 0.996. The smallest absolute Gasteiger partial charge is 0.145 e. The van der Waals surface area contributed by atoms with Crippen LogP contribution in [0.1, 0.15) is 11.1 Å². The van der Waals surface area contributed by atoms with Gasteiger partial charge in [0.2, 0.25) is 0 Å². The number of anilines is 2. The van der Waals surface area contributed by atoms with Crippen molar-refractivity contribution in [3.05, 3.63) is 47.8 Å². The fraction of sp³-hybridized carbons (Fsp3) is 0.231. The van der Waals surface area contributed by atoms with E-state index >= 15 is 0 Å². The molecule has 0 amide bonds. The van der Waals surface area contributed by atoms with Crippen molar-refractivity contribution in [3.8, 4) is 0 Å². The Balaban J connectivity index is 1.88. The van der Waals surface area contributed by atoms with Gasteiger partial charge in [-0.15, -0.1) is 0 Å². The first-order valence-electron chi connectivity index (χ1n) is 5.86. The maximum Gasteiger partial charge on any atom is 0.145 e. The minimum Gasteiger partial charge on any atom is -0.370 e. The highest BCUT2D eigenvalue weighted by Crippen LogP contribution is 2.08. The van der Waals surface area contributed by atoms with Gasteiger partial charge in [-0.05, 0) is 18.9 Å². The number of nitrogens with one attached hydrogen (secondary N) is 2. The molecule has 94 valence electrons. The topological polar surface area (TPSA) is 75.9 Å². The molecule has 0 saturated heterocycles. The van der Waals surface area contributed by atoms with E-state index in [-0.39, 0.29) is 0 Å². The van der Waals surface area contributed by atoms with Gasteiger partial charge in [0.25, 0.3) is 0 Å². The molecule has 1 aromatic carbocycles. The van der Waals surface area contributed by atoms with E-state index in [0.29, 0.717) is 5.82 Å². The number of aryl methyl sites for hydroxylation is 1. The average Bonchev–Trinajstić information content (AvgIpc) is 2.39. The second kappa shape index (κ2) is 5.97. The number of hydrogen-bond acceptors (Lipinski definition) is 5. The number of nitrogens with two attached hydrogens (primary N) is 1. The van der Waals surface area contributed by atoms with Crippen molar-refractivity contribution in [2.45, 2.75) is 13.3 Å². The molecule has 0 unspecified atom stereocenters. The first-order chi connectivity index (χ1) is 8.78. The summed E-state index contributed by atoms with van der Waals surface area (Å²) in [7, 11) is 0. The zero-order valence-electron chi connectivity index (χ0n) is 10.4. The van der Waals surface area contributed by atoms with Gasteiger partial charge in [0, 0.05) is 12.6 Å². The van der Waals surface area contributed by atoms with Crippen LogP contribution in [0.3, 0.4) is 0 Å². The maximum atomic E-state index is 5.29. The first-order valence-corrected chi connectivity index (χ1v) is 5.86. The molecule has 0 saturated carbocycles. The van der Waals surface area contributed by atoms with Crippen LogP contribution in [0.5, 0.6) is 0 Å². The first kappa shape index (κ1) is 12.3. The SMILES string of the molecule is Cc1cccc(CCNc2cc(NN)ncn2)c1. The second-order valence-corrected chi connectivity index (χ2v) is 4.10. The second-order valence-electron chi connectivity index (χ2n) is 4.10. The minimum absolute atomic E-state index is 0.600. The number of aromatic nitrogens is 2. The molecule has 1 heterocycles. The van der Waals surface area contributed by atoms with Gasteiger partial charge in [-0.1, -0.05) is 29.8 Å². The molecule has 0 atom stereocenters. The lowest BCUT2D eigenvalue weighted by atomic mass is 10.1. The number of nitrogen functional groups attached to an aromatic ring is 1. The van der Waals surface area contributed by atoms with Crippen molar-refractivity contribution >= 4 is 11.6 Å². The standard InChI is InChI=1S/C13H17N5/c1-10-3-2-4-11(7-10)5-6-15-12-8-13(18-14)17-9-16-12/h2-4,7-9H,5-6,14H2,1H3,(H2,15,16,17,18). The summed E-state index contributed by atoms with van der Waals surface area (Å²) in [6.45, 7) is 2.92. The van der Waals surface area contributed by atoms with Gasteiger partial charge < -0.3 is 10.7 Å². The number of hydrazine groups is 1. The zero-order valence-corrected chi connectivity index (χ0v) is 10.4. The molecule has 1 aromatic heterocycles. The number of rotatable bonds is 5. The van der Waals surface area contributed by atoms with E-state index in [9.17, 15) is 0 Å². The summed E-state index contributed by atoms with van der Waals surface area (Å²) in [6.07, 6.45) is 2.43. The molecule has 0 spiro atoms. The minimum atomic E-state index is 0.600. The Labute approximate surface area is 106 Å². The van der Waals surface area contributed by atoms with Crippen molar-refractivity contribution in [2.24, 2.45) is 5.84 Å². The quantitative estimate of drug-likeness (QED) is 0.550. The van der Waals surface area contributed by atoms with Gasteiger partial charge in [0.15, 0.2) is 0 Å². The highest BCUT2D eigenvalue weighted by atomic mass is 15.3. The predicted octanol–water partition coefficient (Wildman–Crippen LogP) is 1.73. The number of nitrogens with zero attached hydrogens (tertiary/aromatic N) is 2. The zero-order chi connectivity index (χ0) is 12.8. The van der Waals surface area contributed by atoms with Crippen LogP contribution in [0.15, 0.2) is 36.7 Å². The summed E-state index contributed by atoms with van der Waals surface area (Å²) < 4.78 is 0. The van der Waals surface area contributed by atoms with E-state index < -0.39 is 0 Å². The van der Waals surface area contributed by atoms with Crippen LogP contribution in [-0.4, -0.2) is 16.5 Å². The molecule has 0 aliphatic heterocycles. The molecule has 0 fully saturated rings. The third-order valence-electron chi connectivity index (χ3n) is 2.62. The molecule has 18 heavy (non-hydrogen) atoms. The van der Waals surface area contributed by atoms with Crippen LogP contribution in [0.2, 0.25) is 0 Å². The third-order valence-corrected chi connectivity index (χ3v) is 2.62. The van der Waals surface area contributed by atoms with Gasteiger partial charge in [-0.25, -0.2) is 15.8 Å². The summed E-state index contributed by atoms with van der Waals surface area (Å²) >= 11 is 0. The molecule has 0 bridgehead atoms.